The SMILES string of the molecule is CNS(=O)(=O)c1ccc(CNC(=O)c2n[nH]c3c2CNCC3)cc1.Cl. The molecule has 10 heteroatoms. The van der Waals surface area contributed by atoms with E-state index >= 15 is 0 Å². The van der Waals surface area contributed by atoms with Crippen LogP contribution < -0.4 is 15.4 Å². The van der Waals surface area contributed by atoms with Crippen molar-refractivity contribution in [3.63, 3.8) is 0 Å². The van der Waals surface area contributed by atoms with Crippen molar-refractivity contribution in [3.8, 4) is 0 Å². The van der Waals surface area contributed by atoms with E-state index in [-0.39, 0.29) is 23.2 Å². The molecule has 0 unspecified atom stereocenters. The van der Waals surface area contributed by atoms with Crippen LogP contribution in [-0.2, 0) is 29.5 Å². The van der Waals surface area contributed by atoms with Crippen molar-refractivity contribution in [1.82, 2.24) is 25.6 Å². The zero-order valence-corrected chi connectivity index (χ0v) is 15.3. The first kappa shape index (κ1) is 19.4. The molecule has 0 aliphatic carbocycles. The van der Waals surface area contributed by atoms with Gasteiger partial charge in [-0.05, 0) is 24.7 Å². The Morgan fingerprint density at radius 3 is 2.68 bits per heavy atom. The summed E-state index contributed by atoms with van der Waals surface area (Å²) in [6.07, 6.45) is 0.830. The predicted octanol–water partition coefficient (Wildman–Crippen LogP) is 0.315. The van der Waals surface area contributed by atoms with Crippen molar-refractivity contribution in [3.05, 3.63) is 46.8 Å². The number of sulfonamides is 1. The standard InChI is InChI=1S/C15H19N5O3S.ClH/c1-16-24(22,23)11-4-2-10(3-5-11)8-18-15(21)14-12-9-17-7-6-13(12)19-20-14;/h2-5,16-17H,6-9H2,1H3,(H,18,21)(H,19,20);1H. The van der Waals surface area contributed by atoms with Crippen LogP contribution in [-0.4, -0.2) is 38.1 Å². The van der Waals surface area contributed by atoms with Crippen LogP contribution in [0.25, 0.3) is 0 Å². The Hall–Kier alpha value is -1.94. The molecule has 25 heavy (non-hydrogen) atoms. The van der Waals surface area contributed by atoms with Gasteiger partial charge < -0.3 is 10.6 Å². The molecule has 1 aromatic carbocycles. The van der Waals surface area contributed by atoms with Crippen molar-refractivity contribution in [1.29, 1.82) is 0 Å². The summed E-state index contributed by atoms with van der Waals surface area (Å²) < 4.78 is 25.6. The van der Waals surface area contributed by atoms with Gasteiger partial charge in [0.05, 0.1) is 4.90 Å². The summed E-state index contributed by atoms with van der Waals surface area (Å²) in [6.45, 7) is 1.80. The number of H-pyrrole nitrogens is 1. The second-order valence-electron chi connectivity index (χ2n) is 5.49. The van der Waals surface area contributed by atoms with Gasteiger partial charge in [-0.1, -0.05) is 12.1 Å². The minimum Gasteiger partial charge on any atom is -0.347 e. The molecular weight excluding hydrogens is 366 g/mol. The van der Waals surface area contributed by atoms with E-state index in [1.54, 1.807) is 12.1 Å². The lowest BCUT2D eigenvalue weighted by Crippen LogP contribution is -2.28. The maximum atomic E-state index is 12.3. The number of nitrogens with zero attached hydrogens (tertiary/aromatic N) is 1. The summed E-state index contributed by atoms with van der Waals surface area (Å²) in [5.74, 6) is -0.247. The second-order valence-corrected chi connectivity index (χ2v) is 7.38. The van der Waals surface area contributed by atoms with E-state index in [4.69, 9.17) is 0 Å². The Bertz CT molecular complexity index is 849. The van der Waals surface area contributed by atoms with Crippen LogP contribution in [0.5, 0.6) is 0 Å². The number of carbonyl (C=O) groups is 1. The number of benzene rings is 1. The van der Waals surface area contributed by atoms with Crippen molar-refractivity contribution in [2.75, 3.05) is 13.6 Å². The van der Waals surface area contributed by atoms with E-state index in [2.05, 4.69) is 25.6 Å². The number of hydrogen-bond donors (Lipinski definition) is 4. The van der Waals surface area contributed by atoms with Crippen LogP contribution in [0.1, 0.15) is 27.3 Å². The number of aromatic nitrogens is 2. The van der Waals surface area contributed by atoms with Crippen LogP contribution in [0, 0.1) is 0 Å². The number of carbonyl (C=O) groups excluding carboxylic acids is 1. The molecule has 1 amide bonds. The summed E-state index contributed by atoms with van der Waals surface area (Å²) in [7, 11) is -2.09. The molecule has 0 fully saturated rings. The molecule has 1 aliphatic rings. The summed E-state index contributed by atoms with van der Waals surface area (Å²) in [5.41, 5.74) is 3.13. The minimum atomic E-state index is -3.45. The van der Waals surface area contributed by atoms with E-state index < -0.39 is 10.0 Å². The Balaban J connectivity index is 0.00000225. The van der Waals surface area contributed by atoms with E-state index in [1.807, 2.05) is 0 Å². The van der Waals surface area contributed by atoms with E-state index in [1.165, 1.54) is 19.2 Å². The van der Waals surface area contributed by atoms with Crippen LogP contribution in [0.3, 0.4) is 0 Å². The first-order valence-corrected chi connectivity index (χ1v) is 9.07. The molecule has 136 valence electrons. The van der Waals surface area contributed by atoms with Crippen LogP contribution >= 0.6 is 12.4 Å². The fourth-order valence-electron chi connectivity index (χ4n) is 2.58. The van der Waals surface area contributed by atoms with Crippen molar-refractivity contribution < 1.29 is 13.2 Å². The molecule has 0 bridgehead atoms. The third-order valence-electron chi connectivity index (χ3n) is 3.98. The summed E-state index contributed by atoms with van der Waals surface area (Å²) in [4.78, 5) is 12.5. The lowest BCUT2D eigenvalue weighted by Gasteiger charge is -2.13. The number of hydrogen-bond acceptors (Lipinski definition) is 5. The first-order valence-electron chi connectivity index (χ1n) is 7.59. The molecule has 2 heterocycles. The molecule has 1 aromatic heterocycles. The molecule has 1 aliphatic heterocycles. The number of halogens is 1. The van der Waals surface area contributed by atoms with E-state index in [9.17, 15) is 13.2 Å². The van der Waals surface area contributed by atoms with Crippen molar-refractivity contribution in [2.24, 2.45) is 0 Å². The number of rotatable bonds is 5. The predicted molar refractivity (Wildman–Crippen MR) is 95.1 cm³/mol. The van der Waals surface area contributed by atoms with Gasteiger partial charge in [0.2, 0.25) is 10.0 Å². The Morgan fingerprint density at radius 2 is 2.00 bits per heavy atom. The highest BCUT2D eigenvalue weighted by Crippen LogP contribution is 2.15. The number of amides is 1. The van der Waals surface area contributed by atoms with Gasteiger partial charge in [0.25, 0.3) is 5.91 Å². The first-order chi connectivity index (χ1) is 11.5. The quantitative estimate of drug-likeness (QED) is 0.591. The third kappa shape index (κ3) is 4.18. The molecule has 0 saturated carbocycles. The van der Waals surface area contributed by atoms with Gasteiger partial charge in [-0.15, -0.1) is 12.4 Å². The van der Waals surface area contributed by atoms with Gasteiger partial charge in [-0.3, -0.25) is 9.89 Å². The third-order valence-corrected chi connectivity index (χ3v) is 5.41. The topological polar surface area (TPSA) is 116 Å². The lowest BCUT2D eigenvalue weighted by molar-refractivity contribution is 0.0944. The van der Waals surface area contributed by atoms with Gasteiger partial charge in [0, 0.05) is 37.3 Å². The fraction of sp³-hybridized carbons (Fsp3) is 0.333. The van der Waals surface area contributed by atoms with Crippen LogP contribution in [0.4, 0.5) is 0 Å². The van der Waals surface area contributed by atoms with Crippen molar-refractivity contribution >= 4 is 28.3 Å². The highest BCUT2D eigenvalue weighted by Gasteiger charge is 2.21. The molecule has 8 nitrogen and oxygen atoms in total. The molecule has 0 radical (unpaired) electrons. The average Bonchev–Trinajstić information content (AvgIpc) is 3.04. The monoisotopic (exact) mass is 385 g/mol. The molecule has 0 saturated heterocycles. The Kier molecular flexibility index (Phi) is 6.17. The van der Waals surface area contributed by atoms with Crippen LogP contribution in [0.2, 0.25) is 0 Å². The molecule has 0 spiro atoms. The van der Waals surface area contributed by atoms with Gasteiger partial charge in [-0.2, -0.15) is 5.10 Å². The average molecular weight is 386 g/mol. The molecule has 2 aromatic rings. The molecule has 3 rings (SSSR count). The smallest absolute Gasteiger partial charge is 0.272 e. The van der Waals surface area contributed by atoms with Crippen LogP contribution in [0.15, 0.2) is 29.2 Å². The Labute approximate surface area is 152 Å². The second kappa shape index (κ2) is 7.96. The molecule has 4 N–H and O–H groups in total. The van der Waals surface area contributed by atoms with E-state index in [0.29, 0.717) is 18.8 Å². The largest absolute Gasteiger partial charge is 0.347 e. The summed E-state index contributed by atoms with van der Waals surface area (Å²) >= 11 is 0. The Morgan fingerprint density at radius 1 is 1.28 bits per heavy atom. The van der Waals surface area contributed by atoms with Gasteiger partial charge in [0.15, 0.2) is 5.69 Å². The van der Waals surface area contributed by atoms with Crippen molar-refractivity contribution in [2.45, 2.75) is 24.4 Å². The number of aromatic amines is 1. The maximum absolute atomic E-state index is 12.3. The lowest BCUT2D eigenvalue weighted by atomic mass is 10.1. The molecular formula is C15H20ClN5O3S. The molecule has 0 atom stereocenters. The number of nitrogens with one attached hydrogen (secondary N) is 4. The van der Waals surface area contributed by atoms with Gasteiger partial charge >= 0.3 is 0 Å². The normalized spacial score (nSPS) is 13.6. The highest BCUT2D eigenvalue weighted by molar-refractivity contribution is 7.89. The summed E-state index contributed by atoms with van der Waals surface area (Å²) in [5, 5.41) is 13.0. The maximum Gasteiger partial charge on any atom is 0.272 e. The summed E-state index contributed by atoms with van der Waals surface area (Å²) in [6, 6.07) is 6.36. The minimum absolute atomic E-state index is 0. The zero-order chi connectivity index (χ0) is 17.2. The highest BCUT2D eigenvalue weighted by atomic mass is 35.5. The zero-order valence-electron chi connectivity index (χ0n) is 13.6. The fourth-order valence-corrected chi connectivity index (χ4v) is 3.31. The van der Waals surface area contributed by atoms with E-state index in [0.717, 1.165) is 29.8 Å². The van der Waals surface area contributed by atoms with Gasteiger partial charge in [-0.25, -0.2) is 13.1 Å². The number of fused-ring (bicyclic) bond motifs is 1. The van der Waals surface area contributed by atoms with Gasteiger partial charge in [0.1, 0.15) is 0 Å².